The number of rotatable bonds is 4. The Morgan fingerprint density at radius 3 is 2.04 bits per heavy atom. The van der Waals surface area contributed by atoms with Gasteiger partial charge in [0.15, 0.2) is 11.5 Å². The highest BCUT2D eigenvalue weighted by Crippen LogP contribution is 2.51. The molecular formula is C21H22O6. The molecule has 0 bridgehead atoms. The molecule has 3 heterocycles. The van der Waals surface area contributed by atoms with Gasteiger partial charge in [-0.05, 0) is 35.4 Å². The van der Waals surface area contributed by atoms with E-state index in [0.29, 0.717) is 19.1 Å². The predicted molar refractivity (Wildman–Crippen MR) is 96.5 cm³/mol. The Bertz CT molecular complexity index is 828. The lowest BCUT2D eigenvalue weighted by Crippen LogP contribution is -2.14. The van der Waals surface area contributed by atoms with Crippen LogP contribution in [0, 0.1) is 11.8 Å². The molecule has 0 aromatic heterocycles. The van der Waals surface area contributed by atoms with Crippen molar-refractivity contribution >= 4 is 0 Å². The van der Waals surface area contributed by atoms with E-state index in [1.165, 1.54) is 0 Å². The first-order valence-electron chi connectivity index (χ1n) is 9.12. The molecule has 6 heteroatoms. The van der Waals surface area contributed by atoms with Gasteiger partial charge in [0.2, 0.25) is 6.79 Å². The molecule has 3 aliphatic heterocycles. The van der Waals surface area contributed by atoms with E-state index >= 15 is 0 Å². The van der Waals surface area contributed by atoms with Gasteiger partial charge in [0.1, 0.15) is 11.5 Å². The molecular weight excluding hydrogens is 348 g/mol. The topological polar surface area (TPSA) is 55.4 Å². The maximum atomic E-state index is 6.20. The van der Waals surface area contributed by atoms with Crippen molar-refractivity contribution in [1.82, 2.24) is 0 Å². The van der Waals surface area contributed by atoms with Gasteiger partial charge in [-0.2, -0.15) is 0 Å². The first kappa shape index (κ1) is 16.7. The smallest absolute Gasteiger partial charge is 0.231 e. The Morgan fingerprint density at radius 1 is 0.741 bits per heavy atom. The van der Waals surface area contributed by atoms with Crippen LogP contribution in [0.3, 0.4) is 0 Å². The van der Waals surface area contributed by atoms with Crippen LogP contribution in [0.25, 0.3) is 0 Å². The van der Waals surface area contributed by atoms with Crippen molar-refractivity contribution in [2.75, 3.05) is 34.2 Å². The summed E-state index contributed by atoms with van der Waals surface area (Å²) in [5.74, 6) is 3.69. The number of ether oxygens (including phenoxy) is 6. The lowest BCUT2D eigenvalue weighted by Gasteiger charge is -2.18. The van der Waals surface area contributed by atoms with Crippen LogP contribution in [0.15, 0.2) is 36.4 Å². The zero-order chi connectivity index (χ0) is 18.4. The Kier molecular flexibility index (Phi) is 4.10. The summed E-state index contributed by atoms with van der Waals surface area (Å²) in [7, 11) is 3.32. The minimum atomic E-state index is -0.0296. The van der Waals surface area contributed by atoms with Crippen LogP contribution in [-0.4, -0.2) is 34.2 Å². The molecule has 2 aromatic rings. The van der Waals surface area contributed by atoms with Crippen LogP contribution in [0.1, 0.15) is 23.3 Å². The third-order valence-corrected chi connectivity index (χ3v) is 5.69. The summed E-state index contributed by atoms with van der Waals surface area (Å²) in [6.45, 7) is 1.60. The highest BCUT2D eigenvalue weighted by atomic mass is 16.7. The third kappa shape index (κ3) is 2.80. The highest BCUT2D eigenvalue weighted by Gasteiger charge is 2.48. The van der Waals surface area contributed by atoms with Gasteiger partial charge in [-0.25, -0.2) is 0 Å². The van der Waals surface area contributed by atoms with Crippen molar-refractivity contribution in [2.45, 2.75) is 12.2 Å². The van der Waals surface area contributed by atoms with Gasteiger partial charge >= 0.3 is 0 Å². The molecule has 3 aliphatic rings. The normalized spacial score (nSPS) is 28.2. The van der Waals surface area contributed by atoms with E-state index in [1.807, 2.05) is 30.3 Å². The molecule has 2 fully saturated rings. The van der Waals surface area contributed by atoms with Gasteiger partial charge in [-0.3, -0.25) is 0 Å². The van der Waals surface area contributed by atoms with Crippen molar-refractivity contribution in [1.29, 1.82) is 0 Å². The van der Waals surface area contributed by atoms with E-state index in [0.717, 1.165) is 34.1 Å². The number of methoxy groups -OCH3 is 2. The van der Waals surface area contributed by atoms with Crippen LogP contribution >= 0.6 is 0 Å². The number of hydrogen-bond acceptors (Lipinski definition) is 6. The Hall–Kier alpha value is -2.44. The van der Waals surface area contributed by atoms with E-state index in [-0.39, 0.29) is 24.9 Å². The third-order valence-electron chi connectivity index (χ3n) is 5.69. The van der Waals surface area contributed by atoms with E-state index in [9.17, 15) is 0 Å². The van der Waals surface area contributed by atoms with Crippen LogP contribution in [0.2, 0.25) is 0 Å². The number of fused-ring (bicyclic) bond motifs is 2. The predicted octanol–water partition coefficient (Wildman–Crippen LogP) is 3.51. The molecule has 0 radical (unpaired) electrons. The second kappa shape index (κ2) is 6.62. The zero-order valence-electron chi connectivity index (χ0n) is 15.3. The molecule has 2 aromatic carbocycles. The quantitative estimate of drug-likeness (QED) is 0.821. The van der Waals surface area contributed by atoms with E-state index < -0.39 is 0 Å². The van der Waals surface area contributed by atoms with Crippen LogP contribution in [0.4, 0.5) is 0 Å². The lowest BCUT2D eigenvalue weighted by atomic mass is 9.85. The molecule has 27 heavy (non-hydrogen) atoms. The molecule has 2 saturated heterocycles. The second-order valence-corrected chi connectivity index (χ2v) is 7.09. The minimum absolute atomic E-state index is 0.00185. The summed E-state index contributed by atoms with van der Waals surface area (Å²) in [5, 5.41) is 0. The average molecular weight is 370 g/mol. The SMILES string of the molecule is COc1cc(OC)cc([C@@H]2OC[C@H]3[C@@H]2CO[C@@H]3c2ccc3c(c2)OCO3)c1. The van der Waals surface area contributed by atoms with Crippen molar-refractivity contribution in [2.24, 2.45) is 11.8 Å². The maximum Gasteiger partial charge on any atom is 0.231 e. The second-order valence-electron chi connectivity index (χ2n) is 7.09. The standard InChI is InChI=1S/C21H22O6/c1-22-14-5-13(6-15(8-14)23-2)21-17-10-24-20(16(17)9-25-21)12-3-4-18-19(7-12)27-11-26-18/h3-8,16-17,20-21H,9-11H2,1-2H3/t16-,17-,20+,21-/m0/s1. The summed E-state index contributed by atoms with van der Waals surface area (Å²) in [6, 6.07) is 11.9. The van der Waals surface area contributed by atoms with Crippen molar-refractivity contribution in [3.05, 3.63) is 47.5 Å². The molecule has 6 nitrogen and oxygen atoms in total. The summed E-state index contributed by atoms with van der Waals surface area (Å²) < 4.78 is 34.1. The van der Waals surface area contributed by atoms with Gasteiger partial charge in [0, 0.05) is 17.9 Å². The highest BCUT2D eigenvalue weighted by molar-refractivity contribution is 5.45. The summed E-state index contributed by atoms with van der Waals surface area (Å²) >= 11 is 0. The first-order chi connectivity index (χ1) is 13.3. The Balaban J connectivity index is 1.40. The monoisotopic (exact) mass is 370 g/mol. The lowest BCUT2D eigenvalue weighted by molar-refractivity contribution is 0.0191. The molecule has 0 unspecified atom stereocenters. The van der Waals surface area contributed by atoms with Gasteiger partial charge in [0.25, 0.3) is 0 Å². The Morgan fingerprint density at radius 2 is 1.37 bits per heavy atom. The summed E-state index contributed by atoms with van der Waals surface area (Å²) in [6.07, 6.45) is -0.0278. The summed E-state index contributed by atoms with van der Waals surface area (Å²) in [5.41, 5.74) is 2.17. The van der Waals surface area contributed by atoms with Crippen molar-refractivity contribution < 1.29 is 28.4 Å². The van der Waals surface area contributed by atoms with E-state index in [1.54, 1.807) is 14.2 Å². The van der Waals surface area contributed by atoms with Crippen molar-refractivity contribution in [3.63, 3.8) is 0 Å². The van der Waals surface area contributed by atoms with Gasteiger partial charge in [-0.15, -0.1) is 0 Å². The molecule has 5 rings (SSSR count). The fourth-order valence-electron chi connectivity index (χ4n) is 4.32. The van der Waals surface area contributed by atoms with Crippen LogP contribution in [-0.2, 0) is 9.47 Å². The molecule has 0 spiro atoms. The maximum absolute atomic E-state index is 6.20. The summed E-state index contributed by atoms with van der Waals surface area (Å²) in [4.78, 5) is 0. The molecule has 0 aliphatic carbocycles. The fraction of sp³-hybridized carbons (Fsp3) is 0.429. The minimum Gasteiger partial charge on any atom is -0.497 e. The molecule has 0 N–H and O–H groups in total. The largest absolute Gasteiger partial charge is 0.497 e. The van der Waals surface area contributed by atoms with Gasteiger partial charge < -0.3 is 28.4 Å². The Labute approximate surface area is 157 Å². The van der Waals surface area contributed by atoms with E-state index in [4.69, 9.17) is 28.4 Å². The van der Waals surface area contributed by atoms with Gasteiger partial charge in [-0.1, -0.05) is 6.07 Å². The van der Waals surface area contributed by atoms with Crippen LogP contribution in [0.5, 0.6) is 23.0 Å². The molecule has 142 valence electrons. The molecule has 0 saturated carbocycles. The number of benzene rings is 2. The fourth-order valence-corrected chi connectivity index (χ4v) is 4.32. The van der Waals surface area contributed by atoms with Gasteiger partial charge in [0.05, 0.1) is 39.6 Å². The van der Waals surface area contributed by atoms with Crippen LogP contribution < -0.4 is 18.9 Å². The number of hydrogen-bond donors (Lipinski definition) is 0. The average Bonchev–Trinajstić information content (AvgIpc) is 3.42. The van der Waals surface area contributed by atoms with Crippen molar-refractivity contribution in [3.8, 4) is 23.0 Å². The van der Waals surface area contributed by atoms with E-state index in [2.05, 4.69) is 6.07 Å². The first-order valence-corrected chi connectivity index (χ1v) is 9.12. The zero-order valence-corrected chi connectivity index (χ0v) is 15.3. The molecule has 0 amide bonds. The molecule has 4 atom stereocenters.